The fraction of sp³-hybridized carbons (Fsp3) is 0.588. The Balaban J connectivity index is 2.05. The van der Waals surface area contributed by atoms with E-state index in [0.29, 0.717) is 5.02 Å². The van der Waals surface area contributed by atoms with Crippen molar-refractivity contribution < 1.29 is 4.79 Å². The van der Waals surface area contributed by atoms with Crippen molar-refractivity contribution in [3.63, 3.8) is 0 Å². The predicted octanol–water partition coefficient (Wildman–Crippen LogP) is 3.81. The topological polar surface area (TPSA) is 55.1 Å². The first kappa shape index (κ1) is 16.3. The normalized spacial score (nSPS) is 24.1. The Hall–Kier alpha value is -1.06. The van der Waals surface area contributed by atoms with Crippen molar-refractivity contribution in [2.45, 2.75) is 57.5 Å². The van der Waals surface area contributed by atoms with Crippen LogP contribution in [0.1, 0.15) is 57.1 Å². The molecular formula is C17H25ClN2O. The van der Waals surface area contributed by atoms with Crippen molar-refractivity contribution in [1.82, 2.24) is 5.32 Å². The van der Waals surface area contributed by atoms with Crippen molar-refractivity contribution in [3.05, 3.63) is 34.9 Å². The molecule has 3 atom stereocenters. The number of hydrogen-bond acceptors (Lipinski definition) is 2. The van der Waals surface area contributed by atoms with Gasteiger partial charge in [0.25, 0.3) is 0 Å². The molecule has 0 radical (unpaired) electrons. The number of hydrogen-bond donors (Lipinski definition) is 2. The first-order valence-electron chi connectivity index (χ1n) is 7.93. The molecule has 1 amide bonds. The molecule has 0 spiro atoms. The van der Waals surface area contributed by atoms with Crippen molar-refractivity contribution in [2.24, 2.45) is 11.7 Å². The third-order valence-corrected chi connectivity index (χ3v) is 4.62. The lowest BCUT2D eigenvalue weighted by Gasteiger charge is -2.24. The Morgan fingerprint density at radius 1 is 1.38 bits per heavy atom. The predicted molar refractivity (Wildman–Crippen MR) is 87.2 cm³/mol. The second-order valence-corrected chi connectivity index (χ2v) is 6.37. The SMILES string of the molecule is CCC(NC(=O)C1CCCCCC1N)c1cccc(Cl)c1. The molecule has 0 aromatic heterocycles. The summed E-state index contributed by atoms with van der Waals surface area (Å²) in [6.45, 7) is 2.07. The summed E-state index contributed by atoms with van der Waals surface area (Å²) >= 11 is 6.04. The quantitative estimate of drug-likeness (QED) is 0.831. The van der Waals surface area contributed by atoms with Crippen LogP contribution < -0.4 is 11.1 Å². The Bertz CT molecular complexity index is 478. The molecule has 0 heterocycles. The van der Waals surface area contributed by atoms with E-state index >= 15 is 0 Å². The largest absolute Gasteiger partial charge is 0.349 e. The van der Waals surface area contributed by atoms with Crippen molar-refractivity contribution in [2.75, 3.05) is 0 Å². The zero-order valence-electron chi connectivity index (χ0n) is 12.6. The van der Waals surface area contributed by atoms with E-state index in [9.17, 15) is 4.79 Å². The first-order chi connectivity index (χ1) is 10.1. The van der Waals surface area contributed by atoms with Crippen molar-refractivity contribution in [1.29, 1.82) is 0 Å². The van der Waals surface area contributed by atoms with Crippen LogP contribution in [0.4, 0.5) is 0 Å². The van der Waals surface area contributed by atoms with Crippen LogP contribution in [0.5, 0.6) is 0 Å². The molecular weight excluding hydrogens is 284 g/mol. The van der Waals surface area contributed by atoms with Gasteiger partial charge in [-0.05, 0) is 37.0 Å². The molecule has 116 valence electrons. The van der Waals surface area contributed by atoms with Gasteiger partial charge in [0, 0.05) is 11.1 Å². The van der Waals surface area contributed by atoms with Crippen LogP contribution in [-0.2, 0) is 4.79 Å². The van der Waals surface area contributed by atoms with Gasteiger partial charge in [0.05, 0.1) is 12.0 Å². The highest BCUT2D eigenvalue weighted by Gasteiger charge is 2.28. The Morgan fingerprint density at radius 3 is 2.86 bits per heavy atom. The fourth-order valence-corrected chi connectivity index (χ4v) is 3.28. The minimum absolute atomic E-state index is 0.00616. The first-order valence-corrected chi connectivity index (χ1v) is 8.31. The minimum atomic E-state index is -0.0549. The molecule has 0 saturated heterocycles. The van der Waals surface area contributed by atoms with E-state index in [-0.39, 0.29) is 23.9 Å². The zero-order chi connectivity index (χ0) is 15.2. The zero-order valence-corrected chi connectivity index (χ0v) is 13.4. The summed E-state index contributed by atoms with van der Waals surface area (Å²) in [5, 5.41) is 3.86. The summed E-state index contributed by atoms with van der Waals surface area (Å²) in [5.74, 6) is 0.0389. The molecule has 4 heteroatoms. The fourth-order valence-electron chi connectivity index (χ4n) is 3.09. The average molecular weight is 309 g/mol. The van der Waals surface area contributed by atoms with E-state index < -0.39 is 0 Å². The molecule has 1 saturated carbocycles. The van der Waals surface area contributed by atoms with Crippen LogP contribution in [0.2, 0.25) is 5.02 Å². The molecule has 1 aliphatic carbocycles. The molecule has 3 unspecified atom stereocenters. The second-order valence-electron chi connectivity index (χ2n) is 5.93. The van der Waals surface area contributed by atoms with Gasteiger partial charge in [0.2, 0.25) is 5.91 Å². The molecule has 3 nitrogen and oxygen atoms in total. The van der Waals surface area contributed by atoms with Gasteiger partial charge in [-0.25, -0.2) is 0 Å². The average Bonchev–Trinajstić information content (AvgIpc) is 2.69. The highest BCUT2D eigenvalue weighted by atomic mass is 35.5. The Labute approximate surface area is 132 Å². The van der Waals surface area contributed by atoms with Gasteiger partial charge in [0.1, 0.15) is 0 Å². The van der Waals surface area contributed by atoms with Gasteiger partial charge >= 0.3 is 0 Å². The number of nitrogens with two attached hydrogens (primary N) is 1. The second kappa shape index (κ2) is 7.81. The lowest BCUT2D eigenvalue weighted by molar-refractivity contribution is -0.126. The van der Waals surface area contributed by atoms with Crippen molar-refractivity contribution >= 4 is 17.5 Å². The summed E-state index contributed by atoms with van der Waals surface area (Å²) in [6.07, 6.45) is 6.11. The summed E-state index contributed by atoms with van der Waals surface area (Å²) < 4.78 is 0. The van der Waals surface area contributed by atoms with E-state index in [0.717, 1.165) is 37.7 Å². The van der Waals surface area contributed by atoms with Crippen LogP contribution in [-0.4, -0.2) is 11.9 Å². The molecule has 2 rings (SSSR count). The number of amides is 1. The van der Waals surface area contributed by atoms with E-state index in [4.69, 9.17) is 17.3 Å². The number of carbonyl (C=O) groups is 1. The minimum Gasteiger partial charge on any atom is -0.349 e. The highest BCUT2D eigenvalue weighted by Crippen LogP contribution is 2.25. The Kier molecular flexibility index (Phi) is 6.07. The molecule has 1 aromatic carbocycles. The third kappa shape index (κ3) is 4.45. The van der Waals surface area contributed by atoms with Gasteiger partial charge in [-0.3, -0.25) is 4.79 Å². The summed E-state index contributed by atoms with van der Waals surface area (Å²) in [7, 11) is 0. The van der Waals surface area contributed by atoms with E-state index in [1.165, 1.54) is 6.42 Å². The number of nitrogens with one attached hydrogen (secondary N) is 1. The molecule has 0 bridgehead atoms. The summed E-state index contributed by atoms with van der Waals surface area (Å²) in [5.41, 5.74) is 7.23. The van der Waals surface area contributed by atoms with Crippen LogP contribution in [0, 0.1) is 5.92 Å². The van der Waals surface area contributed by atoms with E-state index in [2.05, 4.69) is 12.2 Å². The number of carbonyl (C=O) groups excluding carboxylic acids is 1. The smallest absolute Gasteiger partial charge is 0.225 e. The molecule has 1 aliphatic rings. The van der Waals surface area contributed by atoms with Crippen LogP contribution in [0.3, 0.4) is 0 Å². The molecule has 21 heavy (non-hydrogen) atoms. The number of halogens is 1. The maximum absolute atomic E-state index is 12.6. The van der Waals surface area contributed by atoms with Crippen LogP contribution in [0.15, 0.2) is 24.3 Å². The van der Waals surface area contributed by atoms with Gasteiger partial charge in [-0.1, -0.05) is 49.9 Å². The van der Waals surface area contributed by atoms with Gasteiger partial charge in [-0.15, -0.1) is 0 Å². The third-order valence-electron chi connectivity index (χ3n) is 4.38. The molecule has 0 aliphatic heterocycles. The van der Waals surface area contributed by atoms with E-state index in [1.807, 2.05) is 24.3 Å². The Morgan fingerprint density at radius 2 is 2.14 bits per heavy atom. The van der Waals surface area contributed by atoms with E-state index in [1.54, 1.807) is 0 Å². The van der Waals surface area contributed by atoms with Crippen LogP contribution in [0.25, 0.3) is 0 Å². The lowest BCUT2D eigenvalue weighted by atomic mass is 9.93. The summed E-state index contributed by atoms with van der Waals surface area (Å²) in [6, 6.07) is 7.69. The van der Waals surface area contributed by atoms with Gasteiger partial charge in [0.15, 0.2) is 0 Å². The monoisotopic (exact) mass is 308 g/mol. The van der Waals surface area contributed by atoms with Gasteiger partial charge in [-0.2, -0.15) is 0 Å². The van der Waals surface area contributed by atoms with Crippen LogP contribution >= 0.6 is 11.6 Å². The number of rotatable bonds is 4. The maximum atomic E-state index is 12.6. The summed E-state index contributed by atoms with van der Waals surface area (Å²) in [4.78, 5) is 12.6. The molecule has 1 aromatic rings. The van der Waals surface area contributed by atoms with Crippen molar-refractivity contribution in [3.8, 4) is 0 Å². The molecule has 3 N–H and O–H groups in total. The van der Waals surface area contributed by atoms with Gasteiger partial charge < -0.3 is 11.1 Å². The highest BCUT2D eigenvalue weighted by molar-refractivity contribution is 6.30. The standard InChI is InChI=1S/C17H25ClN2O/c1-2-16(12-7-6-8-13(18)11-12)20-17(21)14-9-4-3-5-10-15(14)19/h6-8,11,14-16H,2-5,9-10,19H2,1H3,(H,20,21). The maximum Gasteiger partial charge on any atom is 0.225 e. The molecule has 1 fully saturated rings. The lowest BCUT2D eigenvalue weighted by Crippen LogP contribution is -2.42. The number of benzene rings is 1.